The first kappa shape index (κ1) is 20.3. The number of nitrogens with zero attached hydrogens (tertiary/aromatic N) is 3. The lowest BCUT2D eigenvalue weighted by molar-refractivity contribution is 0.00540. The molecule has 0 bridgehead atoms. The van der Waals surface area contributed by atoms with Gasteiger partial charge in [-0.2, -0.15) is 4.73 Å². The van der Waals surface area contributed by atoms with Gasteiger partial charge in [-0.05, 0) is 77.0 Å². The number of amides is 1. The second-order valence-corrected chi connectivity index (χ2v) is 9.83. The van der Waals surface area contributed by atoms with E-state index < -0.39 is 5.60 Å². The molecule has 1 amide bonds. The number of ether oxygens (including phenoxy) is 1. The number of likely N-dealkylation sites (tertiary alicyclic amines) is 1. The Balaban J connectivity index is 1.73. The summed E-state index contributed by atoms with van der Waals surface area (Å²) in [5.41, 5.74) is 3.40. The van der Waals surface area contributed by atoms with Gasteiger partial charge in [0.2, 0.25) is 0 Å². The largest absolute Gasteiger partial charge is 0.444 e. The third kappa shape index (κ3) is 4.02. The quantitative estimate of drug-likeness (QED) is 0.569. The molecular weight excluding hydrogens is 434 g/mol. The average molecular weight is 462 g/mol. The van der Waals surface area contributed by atoms with Gasteiger partial charge in [0.1, 0.15) is 5.60 Å². The molecule has 0 spiro atoms. The number of halogens is 1. The molecule has 0 saturated carbocycles. The first-order chi connectivity index (χ1) is 13.7. The predicted molar refractivity (Wildman–Crippen MR) is 114 cm³/mol. The molecule has 2 aromatic rings. The zero-order chi connectivity index (χ0) is 20.8. The third-order valence-electron chi connectivity index (χ3n) is 5.58. The van der Waals surface area contributed by atoms with Crippen LogP contribution in [0, 0.1) is 0 Å². The summed E-state index contributed by atoms with van der Waals surface area (Å²) in [7, 11) is 0. The maximum absolute atomic E-state index is 12.8. The van der Waals surface area contributed by atoms with E-state index >= 15 is 0 Å². The van der Waals surface area contributed by atoms with Gasteiger partial charge < -0.3 is 9.94 Å². The Kier molecular flexibility index (Phi) is 5.36. The summed E-state index contributed by atoms with van der Waals surface area (Å²) < 4.78 is 7.91. The number of benzene rings is 1. The molecular formula is C22H28BrN3O3. The Morgan fingerprint density at radius 2 is 2.03 bits per heavy atom. The molecule has 29 heavy (non-hydrogen) atoms. The van der Waals surface area contributed by atoms with Crippen LogP contribution in [-0.4, -0.2) is 38.1 Å². The highest BCUT2D eigenvalue weighted by molar-refractivity contribution is 9.10. The normalized spacial score (nSPS) is 19.3. The van der Waals surface area contributed by atoms with Gasteiger partial charge in [0, 0.05) is 16.6 Å². The Labute approximate surface area is 180 Å². The van der Waals surface area contributed by atoms with Crippen molar-refractivity contribution in [1.29, 1.82) is 0 Å². The van der Waals surface area contributed by atoms with E-state index in [0.717, 1.165) is 59.9 Å². The molecule has 1 aromatic carbocycles. The molecule has 1 fully saturated rings. The van der Waals surface area contributed by atoms with Crippen molar-refractivity contribution in [3.05, 3.63) is 39.8 Å². The molecule has 2 aliphatic rings. The number of carbonyl (C=O) groups excluding carboxylic acids is 1. The first-order valence-electron chi connectivity index (χ1n) is 10.3. The number of imidazole rings is 1. The second kappa shape index (κ2) is 7.67. The van der Waals surface area contributed by atoms with Gasteiger partial charge in [-0.3, -0.25) is 4.90 Å². The van der Waals surface area contributed by atoms with Crippen LogP contribution in [-0.2, 0) is 17.6 Å². The Bertz CT molecular complexity index is 932. The number of aryl methyl sites for hydroxylation is 1. The highest BCUT2D eigenvalue weighted by Gasteiger charge is 2.36. The maximum Gasteiger partial charge on any atom is 0.410 e. The SMILES string of the molecule is CC(C)(C)OC(=O)N1CCCC[C@H]1c1nc2c(n1O)CCCc1cc(Br)ccc1-2. The summed E-state index contributed by atoms with van der Waals surface area (Å²) in [5, 5.41) is 11.0. The summed E-state index contributed by atoms with van der Waals surface area (Å²) in [5.74, 6) is 0.538. The summed E-state index contributed by atoms with van der Waals surface area (Å²) in [4.78, 5) is 19.4. The van der Waals surface area contributed by atoms with E-state index in [4.69, 9.17) is 9.72 Å². The van der Waals surface area contributed by atoms with Crippen LogP contribution in [0.5, 0.6) is 0 Å². The van der Waals surface area contributed by atoms with Crippen LogP contribution < -0.4 is 0 Å². The highest BCUT2D eigenvalue weighted by atomic mass is 79.9. The number of aromatic nitrogens is 2. The van der Waals surface area contributed by atoms with Crippen molar-refractivity contribution in [2.24, 2.45) is 0 Å². The lowest BCUT2D eigenvalue weighted by Gasteiger charge is -2.36. The van der Waals surface area contributed by atoms with Crippen LogP contribution in [0.4, 0.5) is 4.79 Å². The number of piperidine rings is 1. The fourth-order valence-corrected chi connectivity index (χ4v) is 4.71. The number of carbonyl (C=O) groups is 1. The van der Waals surface area contributed by atoms with Crippen molar-refractivity contribution in [3.8, 4) is 11.3 Å². The van der Waals surface area contributed by atoms with Gasteiger partial charge in [-0.15, -0.1) is 0 Å². The van der Waals surface area contributed by atoms with Gasteiger partial charge in [-0.25, -0.2) is 9.78 Å². The summed E-state index contributed by atoms with van der Waals surface area (Å²) in [6, 6.07) is 5.92. The summed E-state index contributed by atoms with van der Waals surface area (Å²) in [6.45, 7) is 6.22. The molecule has 6 nitrogen and oxygen atoms in total. The van der Waals surface area contributed by atoms with Crippen molar-refractivity contribution < 1.29 is 14.7 Å². The molecule has 1 aromatic heterocycles. The molecule has 2 heterocycles. The van der Waals surface area contributed by atoms with Crippen molar-refractivity contribution in [3.63, 3.8) is 0 Å². The van der Waals surface area contributed by atoms with Crippen LogP contribution in [0.3, 0.4) is 0 Å². The molecule has 1 N–H and O–H groups in total. The van der Waals surface area contributed by atoms with Gasteiger partial charge in [-0.1, -0.05) is 22.0 Å². The smallest absolute Gasteiger partial charge is 0.410 e. The summed E-state index contributed by atoms with van der Waals surface area (Å²) >= 11 is 3.55. The van der Waals surface area contributed by atoms with E-state index in [9.17, 15) is 10.0 Å². The van der Waals surface area contributed by atoms with Crippen LogP contribution in [0.15, 0.2) is 22.7 Å². The zero-order valence-corrected chi connectivity index (χ0v) is 18.8. The molecule has 4 rings (SSSR count). The molecule has 1 atom stereocenters. The van der Waals surface area contributed by atoms with Crippen molar-refractivity contribution in [1.82, 2.24) is 14.6 Å². The number of hydrogen-bond donors (Lipinski definition) is 1. The van der Waals surface area contributed by atoms with Crippen LogP contribution in [0.25, 0.3) is 11.3 Å². The van der Waals surface area contributed by atoms with Gasteiger partial charge >= 0.3 is 6.09 Å². The first-order valence-corrected chi connectivity index (χ1v) is 11.1. The van der Waals surface area contributed by atoms with E-state index in [2.05, 4.69) is 28.1 Å². The predicted octanol–water partition coefficient (Wildman–Crippen LogP) is 5.50. The van der Waals surface area contributed by atoms with Crippen LogP contribution in [0.2, 0.25) is 0 Å². The minimum atomic E-state index is -0.558. The molecule has 0 unspecified atom stereocenters. The van der Waals surface area contributed by atoms with Crippen LogP contribution in [0.1, 0.15) is 69.6 Å². The number of hydrogen-bond acceptors (Lipinski definition) is 4. The number of rotatable bonds is 1. The molecule has 7 heteroatoms. The van der Waals surface area contributed by atoms with E-state index in [1.807, 2.05) is 26.8 Å². The lowest BCUT2D eigenvalue weighted by atomic mass is 10.0. The molecule has 1 saturated heterocycles. The van der Waals surface area contributed by atoms with Crippen molar-refractivity contribution >= 4 is 22.0 Å². The van der Waals surface area contributed by atoms with Gasteiger partial charge in [0.05, 0.1) is 17.4 Å². The van der Waals surface area contributed by atoms with Crippen molar-refractivity contribution in [2.75, 3.05) is 6.54 Å². The van der Waals surface area contributed by atoms with E-state index in [0.29, 0.717) is 12.4 Å². The Morgan fingerprint density at radius 3 is 2.79 bits per heavy atom. The second-order valence-electron chi connectivity index (χ2n) is 8.92. The topological polar surface area (TPSA) is 67.6 Å². The third-order valence-corrected chi connectivity index (χ3v) is 6.08. The molecule has 0 radical (unpaired) electrons. The van der Waals surface area contributed by atoms with Gasteiger partial charge in [0.15, 0.2) is 5.82 Å². The zero-order valence-electron chi connectivity index (χ0n) is 17.2. The number of fused-ring (bicyclic) bond motifs is 3. The average Bonchev–Trinajstić information content (AvgIpc) is 2.86. The molecule has 156 valence electrons. The van der Waals surface area contributed by atoms with Crippen molar-refractivity contribution in [2.45, 2.75) is 70.9 Å². The maximum atomic E-state index is 12.8. The fourth-order valence-electron chi connectivity index (χ4n) is 4.31. The fraction of sp³-hybridized carbons (Fsp3) is 0.545. The Hall–Kier alpha value is -2.02. The minimum Gasteiger partial charge on any atom is -0.444 e. The minimum absolute atomic E-state index is 0.283. The molecule has 1 aliphatic carbocycles. The molecule has 1 aliphatic heterocycles. The van der Waals surface area contributed by atoms with Crippen LogP contribution >= 0.6 is 15.9 Å². The summed E-state index contributed by atoms with van der Waals surface area (Å²) in [6.07, 6.45) is 5.00. The van der Waals surface area contributed by atoms with Gasteiger partial charge in [0.25, 0.3) is 0 Å². The standard InChI is InChI=1S/C22H28BrN3O3/c1-22(2,3)29-21(27)25-12-5-4-8-18(25)20-24-19-16-11-10-15(23)13-14(16)7-6-9-17(19)26(20)28/h10-11,13,18,28H,4-9,12H2,1-3H3/t18-/m0/s1. The van der Waals surface area contributed by atoms with E-state index in [-0.39, 0.29) is 12.1 Å². The lowest BCUT2D eigenvalue weighted by Crippen LogP contribution is -2.42. The Morgan fingerprint density at radius 1 is 1.24 bits per heavy atom. The van der Waals surface area contributed by atoms with E-state index in [1.165, 1.54) is 10.3 Å². The monoisotopic (exact) mass is 461 g/mol. The highest BCUT2D eigenvalue weighted by Crippen LogP contribution is 2.38. The van der Waals surface area contributed by atoms with E-state index in [1.54, 1.807) is 4.90 Å².